The molecule has 27 heavy (non-hydrogen) atoms. The van der Waals surface area contributed by atoms with Crippen molar-refractivity contribution in [1.82, 2.24) is 15.4 Å². The lowest BCUT2D eigenvalue weighted by molar-refractivity contribution is -0.144. The summed E-state index contributed by atoms with van der Waals surface area (Å²) in [5, 5.41) is 17.5. The van der Waals surface area contributed by atoms with E-state index in [1.54, 1.807) is 17.9 Å². The first-order valence-electron chi connectivity index (χ1n) is 9.25. The van der Waals surface area contributed by atoms with Crippen molar-refractivity contribution in [1.29, 1.82) is 0 Å². The number of benzene rings is 1. The average Bonchev–Trinajstić information content (AvgIpc) is 3.11. The van der Waals surface area contributed by atoms with Gasteiger partial charge in [-0.2, -0.15) is 0 Å². The Hall–Kier alpha value is -2.67. The van der Waals surface area contributed by atoms with Crippen molar-refractivity contribution in [2.24, 2.45) is 5.41 Å². The zero-order valence-corrected chi connectivity index (χ0v) is 15.2. The fourth-order valence-electron chi connectivity index (χ4n) is 4.24. The van der Waals surface area contributed by atoms with E-state index in [9.17, 15) is 14.7 Å². The van der Waals surface area contributed by atoms with Crippen molar-refractivity contribution in [2.45, 2.75) is 38.3 Å². The summed E-state index contributed by atoms with van der Waals surface area (Å²) in [6.45, 7) is 2.59. The number of likely N-dealkylation sites (tertiary alicyclic amines) is 1. The second kappa shape index (κ2) is 6.81. The maximum atomic E-state index is 13.0. The first-order chi connectivity index (χ1) is 13.0. The minimum atomic E-state index is -0.770. The Labute approximate surface area is 157 Å². The van der Waals surface area contributed by atoms with E-state index < -0.39 is 17.6 Å². The number of nitrogens with one attached hydrogen (secondary N) is 1. The van der Waals surface area contributed by atoms with Crippen molar-refractivity contribution in [3.05, 3.63) is 53.4 Å². The summed E-state index contributed by atoms with van der Waals surface area (Å²) < 4.78 is 5.09. The number of aliphatic hydroxyl groups excluding tert-OH is 1. The maximum absolute atomic E-state index is 13.0. The Bertz CT molecular complexity index is 850. The lowest BCUT2D eigenvalue weighted by Gasteiger charge is -2.47. The highest BCUT2D eigenvalue weighted by Gasteiger charge is 2.50. The third-order valence-corrected chi connectivity index (χ3v) is 5.61. The van der Waals surface area contributed by atoms with E-state index in [1.807, 2.05) is 30.3 Å². The van der Waals surface area contributed by atoms with E-state index in [0.717, 1.165) is 5.56 Å². The van der Waals surface area contributed by atoms with Crippen molar-refractivity contribution >= 4 is 11.8 Å². The van der Waals surface area contributed by atoms with Crippen molar-refractivity contribution in [3.63, 3.8) is 0 Å². The van der Waals surface area contributed by atoms with Crippen LogP contribution in [0, 0.1) is 12.3 Å². The van der Waals surface area contributed by atoms with Gasteiger partial charge in [0.25, 0.3) is 5.91 Å². The van der Waals surface area contributed by atoms with Gasteiger partial charge in [0.1, 0.15) is 0 Å². The molecule has 2 aliphatic heterocycles. The van der Waals surface area contributed by atoms with Crippen LogP contribution in [0.25, 0.3) is 0 Å². The van der Waals surface area contributed by atoms with E-state index >= 15 is 0 Å². The first kappa shape index (κ1) is 17.7. The molecule has 3 atom stereocenters. The maximum Gasteiger partial charge on any atom is 0.292 e. The summed E-state index contributed by atoms with van der Waals surface area (Å²) in [5.74, 6) is -0.182. The molecule has 1 aromatic heterocycles. The highest BCUT2D eigenvalue weighted by molar-refractivity contribution is 5.92. The molecular weight excluding hydrogens is 346 g/mol. The second-order valence-corrected chi connectivity index (χ2v) is 7.58. The monoisotopic (exact) mass is 369 g/mol. The molecule has 7 nitrogen and oxygen atoms in total. The zero-order chi connectivity index (χ0) is 19.0. The fourth-order valence-corrected chi connectivity index (χ4v) is 4.24. The predicted molar refractivity (Wildman–Crippen MR) is 96.8 cm³/mol. The Morgan fingerprint density at radius 1 is 1.37 bits per heavy atom. The van der Waals surface area contributed by atoms with Crippen LogP contribution in [0.1, 0.15) is 47.1 Å². The predicted octanol–water partition coefficient (Wildman–Crippen LogP) is 1.83. The average molecular weight is 369 g/mol. The lowest BCUT2D eigenvalue weighted by atomic mass is 9.70. The standard InChI is InChI=1S/C20H23N3O4/c1-13-10-16(27-22-13)18(25)23-9-5-8-20(12-23)11-15(24)17(21-19(20)26)14-6-3-2-4-7-14/h2-4,6-7,10,15,17,24H,5,8-9,11-12H2,1H3,(H,21,26)/t15-,17+,20-/m1/s1. The molecular formula is C20H23N3O4. The number of aromatic nitrogens is 1. The van der Waals surface area contributed by atoms with Crippen molar-refractivity contribution in [3.8, 4) is 0 Å². The fraction of sp³-hybridized carbons (Fsp3) is 0.450. The van der Waals surface area contributed by atoms with Crippen LogP contribution >= 0.6 is 0 Å². The molecule has 1 spiro atoms. The molecule has 2 fully saturated rings. The lowest BCUT2D eigenvalue weighted by Crippen LogP contribution is -2.60. The highest BCUT2D eigenvalue weighted by atomic mass is 16.5. The summed E-state index contributed by atoms with van der Waals surface area (Å²) in [6.07, 6.45) is 0.983. The number of carbonyl (C=O) groups excluding carboxylic acids is 2. The highest BCUT2D eigenvalue weighted by Crippen LogP contribution is 2.41. The zero-order valence-electron chi connectivity index (χ0n) is 15.2. The van der Waals surface area contributed by atoms with Crippen LogP contribution in [-0.2, 0) is 4.79 Å². The van der Waals surface area contributed by atoms with E-state index in [1.165, 1.54) is 0 Å². The summed E-state index contributed by atoms with van der Waals surface area (Å²) in [7, 11) is 0. The summed E-state index contributed by atoms with van der Waals surface area (Å²) in [5.41, 5.74) is 0.754. The Kier molecular flexibility index (Phi) is 4.47. The second-order valence-electron chi connectivity index (χ2n) is 7.58. The van der Waals surface area contributed by atoms with Crippen LogP contribution < -0.4 is 5.32 Å². The molecule has 0 saturated carbocycles. The molecule has 0 unspecified atom stereocenters. The number of piperidine rings is 2. The minimum Gasteiger partial charge on any atom is -0.391 e. The molecule has 0 aliphatic carbocycles. The van der Waals surface area contributed by atoms with Gasteiger partial charge in [-0.1, -0.05) is 35.5 Å². The summed E-state index contributed by atoms with van der Waals surface area (Å²) >= 11 is 0. The van der Waals surface area contributed by atoms with Gasteiger partial charge >= 0.3 is 0 Å². The van der Waals surface area contributed by atoms with Gasteiger partial charge in [0, 0.05) is 19.2 Å². The van der Waals surface area contributed by atoms with Crippen LogP contribution in [0.2, 0.25) is 0 Å². The molecule has 7 heteroatoms. The molecule has 0 bridgehead atoms. The van der Waals surface area contributed by atoms with E-state index in [-0.39, 0.29) is 24.1 Å². The SMILES string of the molecule is Cc1cc(C(=O)N2CCC[C@@]3(C[C@@H](O)[C@H](c4ccccc4)NC3=O)C2)on1. The van der Waals surface area contributed by atoms with Crippen LogP contribution in [0.4, 0.5) is 0 Å². The smallest absolute Gasteiger partial charge is 0.292 e. The molecule has 2 saturated heterocycles. The molecule has 4 rings (SSSR count). The quantitative estimate of drug-likeness (QED) is 0.842. The molecule has 2 aromatic rings. The van der Waals surface area contributed by atoms with Gasteiger partial charge in [0.2, 0.25) is 11.7 Å². The van der Waals surface area contributed by atoms with E-state index in [2.05, 4.69) is 10.5 Å². The van der Waals surface area contributed by atoms with Crippen LogP contribution in [-0.4, -0.2) is 46.2 Å². The topological polar surface area (TPSA) is 95.7 Å². The van der Waals surface area contributed by atoms with Crippen LogP contribution in [0.15, 0.2) is 40.9 Å². The third kappa shape index (κ3) is 3.23. The van der Waals surface area contributed by atoms with E-state index in [0.29, 0.717) is 31.5 Å². The number of aryl methyl sites for hydroxylation is 1. The molecule has 2 amide bonds. The number of amides is 2. The van der Waals surface area contributed by atoms with Crippen molar-refractivity contribution in [2.75, 3.05) is 13.1 Å². The molecule has 1 aromatic carbocycles. The number of carbonyl (C=O) groups is 2. The minimum absolute atomic E-state index is 0.104. The summed E-state index contributed by atoms with van der Waals surface area (Å²) in [6, 6.07) is 10.7. The van der Waals surface area contributed by atoms with E-state index in [4.69, 9.17) is 4.52 Å². The number of hydrogen-bond acceptors (Lipinski definition) is 5. The van der Waals surface area contributed by atoms with Gasteiger partial charge in [-0.05, 0) is 31.7 Å². The molecule has 0 radical (unpaired) electrons. The molecule has 2 aliphatic rings. The third-order valence-electron chi connectivity index (χ3n) is 5.61. The van der Waals surface area contributed by atoms with Crippen LogP contribution in [0.5, 0.6) is 0 Å². The Morgan fingerprint density at radius 3 is 2.85 bits per heavy atom. The largest absolute Gasteiger partial charge is 0.391 e. The first-order valence-corrected chi connectivity index (χ1v) is 9.25. The Morgan fingerprint density at radius 2 is 2.15 bits per heavy atom. The number of aliphatic hydroxyl groups is 1. The Balaban J connectivity index is 1.53. The van der Waals surface area contributed by atoms with Crippen LogP contribution in [0.3, 0.4) is 0 Å². The van der Waals surface area contributed by atoms with Gasteiger partial charge in [-0.15, -0.1) is 0 Å². The number of hydrogen-bond donors (Lipinski definition) is 2. The normalized spacial score (nSPS) is 28.2. The number of nitrogens with zero attached hydrogens (tertiary/aromatic N) is 2. The van der Waals surface area contributed by atoms with Gasteiger partial charge in [-0.25, -0.2) is 0 Å². The van der Waals surface area contributed by atoms with Crippen molar-refractivity contribution < 1.29 is 19.2 Å². The molecule has 3 heterocycles. The van der Waals surface area contributed by atoms with Gasteiger partial charge in [0.15, 0.2) is 0 Å². The molecule has 142 valence electrons. The van der Waals surface area contributed by atoms with Gasteiger partial charge < -0.3 is 19.8 Å². The van der Waals surface area contributed by atoms with Gasteiger partial charge in [-0.3, -0.25) is 9.59 Å². The molecule has 2 N–H and O–H groups in total. The summed E-state index contributed by atoms with van der Waals surface area (Å²) in [4.78, 5) is 27.4. The van der Waals surface area contributed by atoms with Gasteiger partial charge in [0.05, 0.1) is 23.3 Å². The number of rotatable bonds is 2.